The van der Waals surface area contributed by atoms with Gasteiger partial charge < -0.3 is 15.3 Å². The number of piperidine rings is 2. The van der Waals surface area contributed by atoms with Gasteiger partial charge in [0.25, 0.3) is 0 Å². The van der Waals surface area contributed by atoms with Gasteiger partial charge in [-0.3, -0.25) is 9.59 Å². The number of rotatable bonds is 5. The topological polar surface area (TPSA) is 69.6 Å². The smallest absolute Gasteiger partial charge is 0.303 e. The molecule has 2 saturated heterocycles. The molecule has 1 amide bonds. The molecule has 5 heteroatoms. The largest absolute Gasteiger partial charge is 0.481 e. The number of aliphatic carboxylic acids is 1. The average molecular weight is 282 g/mol. The third kappa shape index (κ3) is 4.78. The molecule has 0 radical (unpaired) electrons. The summed E-state index contributed by atoms with van der Waals surface area (Å²) in [6.07, 6.45) is 7.24. The van der Waals surface area contributed by atoms with Crippen LogP contribution in [0.2, 0.25) is 0 Å². The molecule has 2 heterocycles. The van der Waals surface area contributed by atoms with E-state index in [4.69, 9.17) is 5.11 Å². The summed E-state index contributed by atoms with van der Waals surface area (Å²) in [7, 11) is 0. The normalized spacial score (nSPS) is 27.3. The van der Waals surface area contributed by atoms with Crippen molar-refractivity contribution in [3.8, 4) is 0 Å². The summed E-state index contributed by atoms with van der Waals surface area (Å²) >= 11 is 0. The molecule has 0 spiro atoms. The number of amides is 1. The molecule has 2 aliphatic rings. The summed E-state index contributed by atoms with van der Waals surface area (Å²) in [4.78, 5) is 24.9. The van der Waals surface area contributed by atoms with E-state index in [0.29, 0.717) is 19.0 Å². The van der Waals surface area contributed by atoms with E-state index in [1.54, 1.807) is 0 Å². The third-order valence-electron chi connectivity index (χ3n) is 4.45. The predicted molar refractivity (Wildman–Crippen MR) is 76.4 cm³/mol. The van der Waals surface area contributed by atoms with Gasteiger partial charge in [-0.1, -0.05) is 6.42 Å². The van der Waals surface area contributed by atoms with Crippen molar-refractivity contribution >= 4 is 11.9 Å². The van der Waals surface area contributed by atoms with E-state index in [9.17, 15) is 9.59 Å². The molecule has 2 aliphatic heterocycles. The van der Waals surface area contributed by atoms with Crippen molar-refractivity contribution in [2.24, 2.45) is 5.92 Å². The first-order chi connectivity index (χ1) is 9.65. The summed E-state index contributed by atoms with van der Waals surface area (Å²) in [5.74, 6) is -0.416. The number of hydrogen-bond donors (Lipinski definition) is 2. The number of carboxylic acid groups (broad SMARTS) is 1. The Morgan fingerprint density at radius 3 is 2.75 bits per heavy atom. The van der Waals surface area contributed by atoms with Crippen LogP contribution in [-0.2, 0) is 9.59 Å². The Labute approximate surface area is 120 Å². The Morgan fingerprint density at radius 2 is 2.05 bits per heavy atom. The van der Waals surface area contributed by atoms with Gasteiger partial charge >= 0.3 is 5.97 Å². The van der Waals surface area contributed by atoms with Crippen molar-refractivity contribution in [3.05, 3.63) is 0 Å². The van der Waals surface area contributed by atoms with Crippen molar-refractivity contribution in [2.45, 2.75) is 57.4 Å². The van der Waals surface area contributed by atoms with E-state index in [0.717, 1.165) is 32.4 Å². The highest BCUT2D eigenvalue weighted by Crippen LogP contribution is 2.21. The van der Waals surface area contributed by atoms with Crippen LogP contribution in [0.4, 0.5) is 0 Å². The zero-order valence-corrected chi connectivity index (χ0v) is 12.1. The second-order valence-electron chi connectivity index (χ2n) is 6.13. The van der Waals surface area contributed by atoms with E-state index in [1.807, 2.05) is 4.90 Å². The molecule has 0 saturated carbocycles. The molecule has 0 aliphatic carbocycles. The molecule has 114 valence electrons. The lowest BCUT2D eigenvalue weighted by Crippen LogP contribution is -2.41. The van der Waals surface area contributed by atoms with E-state index in [1.165, 1.54) is 19.3 Å². The molecule has 20 heavy (non-hydrogen) atoms. The Morgan fingerprint density at radius 1 is 1.20 bits per heavy atom. The first-order valence-electron chi connectivity index (χ1n) is 7.88. The average Bonchev–Trinajstić information content (AvgIpc) is 2.45. The van der Waals surface area contributed by atoms with E-state index < -0.39 is 5.97 Å². The number of nitrogens with zero attached hydrogens (tertiary/aromatic N) is 1. The van der Waals surface area contributed by atoms with Gasteiger partial charge in [-0.05, 0) is 44.6 Å². The number of carbonyl (C=O) groups is 2. The molecule has 2 fully saturated rings. The fraction of sp³-hybridized carbons (Fsp3) is 0.867. The van der Waals surface area contributed by atoms with Gasteiger partial charge in [0.2, 0.25) is 5.91 Å². The van der Waals surface area contributed by atoms with Crippen molar-refractivity contribution in [1.29, 1.82) is 0 Å². The molecule has 0 aromatic carbocycles. The number of carboxylic acids is 1. The van der Waals surface area contributed by atoms with Crippen LogP contribution in [-0.4, -0.2) is 47.6 Å². The minimum Gasteiger partial charge on any atom is -0.481 e. The van der Waals surface area contributed by atoms with Crippen LogP contribution in [0.5, 0.6) is 0 Å². The van der Waals surface area contributed by atoms with Crippen molar-refractivity contribution in [3.63, 3.8) is 0 Å². The summed E-state index contributed by atoms with van der Waals surface area (Å²) in [6, 6.07) is 0.493. The molecule has 2 unspecified atom stereocenters. The lowest BCUT2D eigenvalue weighted by atomic mass is 9.94. The number of likely N-dealkylation sites (tertiary alicyclic amines) is 1. The van der Waals surface area contributed by atoms with Crippen LogP contribution in [0, 0.1) is 5.92 Å². The van der Waals surface area contributed by atoms with Crippen molar-refractivity contribution in [1.82, 2.24) is 10.2 Å². The fourth-order valence-corrected chi connectivity index (χ4v) is 3.33. The van der Waals surface area contributed by atoms with Crippen molar-refractivity contribution < 1.29 is 14.7 Å². The summed E-state index contributed by atoms with van der Waals surface area (Å²) in [6.45, 7) is 2.50. The highest BCUT2D eigenvalue weighted by atomic mass is 16.4. The molecule has 2 rings (SSSR count). The Hall–Kier alpha value is -1.10. The molecule has 2 atom stereocenters. The standard InChI is InChI=1S/C15H26N2O3/c18-14(7-6-13-5-1-2-8-16-13)17-9-3-4-12(11-17)10-15(19)20/h12-13,16H,1-11H2,(H,19,20). The quantitative estimate of drug-likeness (QED) is 0.804. The minimum absolute atomic E-state index is 0.137. The van der Waals surface area contributed by atoms with Gasteiger partial charge in [-0.15, -0.1) is 0 Å². The van der Waals surface area contributed by atoms with Gasteiger partial charge in [0.15, 0.2) is 0 Å². The lowest BCUT2D eigenvalue weighted by Gasteiger charge is -2.33. The molecule has 0 aromatic rings. The van der Waals surface area contributed by atoms with Crippen LogP contribution >= 0.6 is 0 Å². The SMILES string of the molecule is O=C(O)CC1CCCN(C(=O)CCC2CCCCN2)C1. The molecule has 5 nitrogen and oxygen atoms in total. The van der Waals surface area contributed by atoms with E-state index in [2.05, 4.69) is 5.32 Å². The first kappa shape index (κ1) is 15.3. The lowest BCUT2D eigenvalue weighted by molar-refractivity contribution is -0.140. The van der Waals surface area contributed by atoms with Crippen LogP contribution in [0.1, 0.15) is 51.4 Å². The fourth-order valence-electron chi connectivity index (χ4n) is 3.33. The maximum absolute atomic E-state index is 12.2. The second-order valence-corrected chi connectivity index (χ2v) is 6.13. The zero-order chi connectivity index (χ0) is 14.4. The zero-order valence-electron chi connectivity index (χ0n) is 12.1. The summed E-state index contributed by atoms with van der Waals surface area (Å²) in [5.41, 5.74) is 0. The molecular formula is C15H26N2O3. The molecular weight excluding hydrogens is 256 g/mol. The number of nitrogens with one attached hydrogen (secondary N) is 1. The summed E-state index contributed by atoms with van der Waals surface area (Å²) < 4.78 is 0. The summed E-state index contributed by atoms with van der Waals surface area (Å²) in [5, 5.41) is 12.3. The highest BCUT2D eigenvalue weighted by Gasteiger charge is 2.25. The third-order valence-corrected chi connectivity index (χ3v) is 4.45. The van der Waals surface area contributed by atoms with Gasteiger partial charge in [0.1, 0.15) is 0 Å². The predicted octanol–water partition coefficient (Wildman–Crippen LogP) is 1.62. The monoisotopic (exact) mass is 282 g/mol. The Balaban J connectivity index is 1.72. The second kappa shape index (κ2) is 7.62. The van der Waals surface area contributed by atoms with Gasteiger partial charge in [-0.25, -0.2) is 0 Å². The molecule has 0 aromatic heterocycles. The van der Waals surface area contributed by atoms with Crippen molar-refractivity contribution in [2.75, 3.05) is 19.6 Å². The van der Waals surface area contributed by atoms with Crippen LogP contribution in [0.15, 0.2) is 0 Å². The number of hydrogen-bond acceptors (Lipinski definition) is 3. The Kier molecular flexibility index (Phi) is 5.83. The van der Waals surface area contributed by atoms with Crippen LogP contribution in [0.25, 0.3) is 0 Å². The molecule has 0 bridgehead atoms. The minimum atomic E-state index is -0.754. The maximum Gasteiger partial charge on any atom is 0.303 e. The van der Waals surface area contributed by atoms with Gasteiger partial charge in [0, 0.05) is 32.0 Å². The maximum atomic E-state index is 12.2. The highest BCUT2D eigenvalue weighted by molar-refractivity contribution is 5.76. The van der Waals surface area contributed by atoms with E-state index >= 15 is 0 Å². The number of carbonyl (C=O) groups excluding carboxylic acids is 1. The van der Waals surface area contributed by atoms with Gasteiger partial charge in [0.05, 0.1) is 0 Å². The Bertz CT molecular complexity index is 340. The van der Waals surface area contributed by atoms with Crippen LogP contribution in [0.3, 0.4) is 0 Å². The van der Waals surface area contributed by atoms with E-state index in [-0.39, 0.29) is 18.2 Å². The first-order valence-corrected chi connectivity index (χ1v) is 7.88. The molecule has 2 N–H and O–H groups in total. The van der Waals surface area contributed by atoms with Crippen LogP contribution < -0.4 is 5.32 Å². The van der Waals surface area contributed by atoms with Gasteiger partial charge in [-0.2, -0.15) is 0 Å².